The van der Waals surface area contributed by atoms with Crippen LogP contribution in [0.25, 0.3) is 0 Å². The minimum Gasteiger partial charge on any atom is -0.544 e. The molecule has 59 heavy (non-hydrogen) atoms. The number of hydrogen-bond acceptors (Lipinski definition) is 7. The quantitative estimate of drug-likeness (QED) is 0.0260. The van der Waals surface area contributed by atoms with Crippen molar-refractivity contribution in [3.05, 3.63) is 12.2 Å². The molecule has 0 saturated heterocycles. The lowest BCUT2D eigenvalue weighted by Gasteiger charge is -2.34. The number of aliphatic carboxylic acids is 1. The standard InChI is InChI=1S/C51H97NO7/c1-6-8-10-12-14-16-18-20-22-23-24-25-26-27-28-30-32-34-36-38-40-42-50(54)59-47(45-57-44-43-48(51(55)56)52(3,4)5)46-58-49(53)41-39-37-35-33-31-29-21-19-17-15-13-11-9-7-2/h23-24,47-48H,6-22,25-46H2,1-5H3/b24-23-. The number of quaternary nitrogens is 1. The Kier molecular flexibility index (Phi) is 41.3. The van der Waals surface area contributed by atoms with E-state index in [0.29, 0.717) is 12.8 Å². The molecule has 2 unspecified atom stereocenters. The lowest BCUT2D eigenvalue weighted by Crippen LogP contribution is -2.55. The average Bonchev–Trinajstić information content (AvgIpc) is 3.19. The van der Waals surface area contributed by atoms with Gasteiger partial charge in [-0.3, -0.25) is 9.59 Å². The van der Waals surface area contributed by atoms with Gasteiger partial charge in [-0.05, 0) is 38.5 Å². The molecule has 348 valence electrons. The Hall–Kier alpha value is -1.93. The van der Waals surface area contributed by atoms with Gasteiger partial charge in [0.1, 0.15) is 12.6 Å². The van der Waals surface area contributed by atoms with E-state index in [2.05, 4.69) is 26.0 Å². The zero-order chi connectivity index (χ0) is 43.5. The van der Waals surface area contributed by atoms with E-state index in [9.17, 15) is 19.5 Å². The van der Waals surface area contributed by atoms with E-state index >= 15 is 0 Å². The third kappa shape index (κ3) is 41.2. The number of nitrogens with zero attached hydrogens (tertiary/aromatic N) is 1. The largest absolute Gasteiger partial charge is 0.544 e. The molecular formula is C51H97NO7. The lowest BCUT2D eigenvalue weighted by molar-refractivity contribution is -0.889. The van der Waals surface area contributed by atoms with E-state index in [1.165, 1.54) is 173 Å². The summed E-state index contributed by atoms with van der Waals surface area (Å²) in [5.74, 6) is -1.72. The van der Waals surface area contributed by atoms with Gasteiger partial charge in [-0.2, -0.15) is 0 Å². The van der Waals surface area contributed by atoms with Crippen molar-refractivity contribution in [1.29, 1.82) is 0 Å². The normalized spacial score (nSPS) is 12.9. The van der Waals surface area contributed by atoms with Crippen LogP contribution in [-0.4, -0.2) is 75.5 Å². The van der Waals surface area contributed by atoms with Gasteiger partial charge in [0.2, 0.25) is 0 Å². The first-order valence-electron chi connectivity index (χ1n) is 25.2. The predicted octanol–water partition coefficient (Wildman–Crippen LogP) is 12.9. The van der Waals surface area contributed by atoms with Gasteiger partial charge in [0.25, 0.3) is 0 Å². The van der Waals surface area contributed by atoms with Crippen molar-refractivity contribution in [2.24, 2.45) is 0 Å². The molecule has 0 amide bonds. The molecule has 2 atom stereocenters. The Balaban J connectivity index is 4.21. The lowest BCUT2D eigenvalue weighted by atomic mass is 10.0. The van der Waals surface area contributed by atoms with Crippen molar-refractivity contribution >= 4 is 17.9 Å². The maximum Gasteiger partial charge on any atom is 0.306 e. The van der Waals surface area contributed by atoms with Crippen LogP contribution in [-0.2, 0) is 28.6 Å². The molecule has 0 aromatic heterocycles. The second-order valence-electron chi connectivity index (χ2n) is 18.4. The molecule has 0 heterocycles. The van der Waals surface area contributed by atoms with Crippen LogP contribution in [0.4, 0.5) is 0 Å². The number of allylic oxidation sites excluding steroid dienone is 2. The average molecular weight is 836 g/mol. The molecule has 0 N–H and O–H groups in total. The molecule has 0 saturated carbocycles. The summed E-state index contributed by atoms with van der Waals surface area (Å²) in [5.41, 5.74) is 0. The number of carbonyl (C=O) groups is 3. The maximum absolute atomic E-state index is 12.8. The Morgan fingerprint density at radius 1 is 0.492 bits per heavy atom. The van der Waals surface area contributed by atoms with Crippen LogP contribution in [0.3, 0.4) is 0 Å². The molecule has 0 aliphatic rings. The second kappa shape index (κ2) is 42.7. The van der Waals surface area contributed by atoms with Gasteiger partial charge in [0, 0.05) is 19.3 Å². The number of unbranched alkanes of at least 4 members (excludes halogenated alkanes) is 30. The van der Waals surface area contributed by atoms with Crippen molar-refractivity contribution in [2.45, 2.75) is 257 Å². The molecule has 0 radical (unpaired) electrons. The summed E-state index contributed by atoms with van der Waals surface area (Å²) < 4.78 is 17.2. The number of ether oxygens (including phenoxy) is 3. The topological polar surface area (TPSA) is 102 Å². The van der Waals surface area contributed by atoms with Gasteiger partial charge in [-0.1, -0.05) is 199 Å². The van der Waals surface area contributed by atoms with E-state index in [1.54, 1.807) is 0 Å². The number of rotatable bonds is 46. The van der Waals surface area contributed by atoms with Crippen LogP contribution >= 0.6 is 0 Å². The molecule has 0 bridgehead atoms. The van der Waals surface area contributed by atoms with Crippen LogP contribution in [0, 0.1) is 0 Å². The number of carboxylic acid groups (broad SMARTS) is 1. The summed E-state index contributed by atoms with van der Waals surface area (Å²) in [4.78, 5) is 37.0. The minimum atomic E-state index is -1.12. The summed E-state index contributed by atoms with van der Waals surface area (Å²) >= 11 is 0. The number of carboxylic acids is 1. The summed E-state index contributed by atoms with van der Waals surface area (Å²) in [6, 6.07) is -0.722. The van der Waals surface area contributed by atoms with E-state index in [1.807, 2.05) is 21.1 Å². The first-order valence-corrected chi connectivity index (χ1v) is 25.2. The fourth-order valence-electron chi connectivity index (χ4n) is 7.71. The van der Waals surface area contributed by atoms with Crippen LogP contribution < -0.4 is 5.11 Å². The Morgan fingerprint density at radius 2 is 0.847 bits per heavy atom. The Bertz CT molecular complexity index is 978. The first kappa shape index (κ1) is 57.1. The van der Waals surface area contributed by atoms with Gasteiger partial charge < -0.3 is 28.6 Å². The van der Waals surface area contributed by atoms with Crippen molar-refractivity contribution in [3.8, 4) is 0 Å². The molecule has 0 aromatic carbocycles. The summed E-state index contributed by atoms with van der Waals surface area (Å²) in [6.07, 6.45) is 46.6. The predicted molar refractivity (Wildman–Crippen MR) is 245 cm³/mol. The highest BCUT2D eigenvalue weighted by molar-refractivity contribution is 5.70. The molecule has 0 aromatic rings. The molecule has 8 heteroatoms. The number of likely N-dealkylation sites (N-methyl/N-ethyl adjacent to an activating group) is 1. The number of esters is 2. The van der Waals surface area contributed by atoms with Gasteiger partial charge >= 0.3 is 11.9 Å². The molecule has 0 aliphatic heterocycles. The van der Waals surface area contributed by atoms with Crippen LogP contribution in [0.1, 0.15) is 245 Å². The minimum absolute atomic E-state index is 0.0460. The molecular weight excluding hydrogens is 739 g/mol. The third-order valence-electron chi connectivity index (χ3n) is 11.7. The third-order valence-corrected chi connectivity index (χ3v) is 11.7. The SMILES string of the molecule is CCCCCCCCCC/C=C\CCCCCCCCCCCC(=O)OC(COCCC(C(=O)[O-])[N+](C)(C)C)COC(=O)CCCCCCCCCCCCCCCC. The van der Waals surface area contributed by atoms with Gasteiger partial charge in [-0.15, -0.1) is 0 Å². The molecule has 0 rings (SSSR count). The highest BCUT2D eigenvalue weighted by Gasteiger charge is 2.25. The highest BCUT2D eigenvalue weighted by Crippen LogP contribution is 2.16. The summed E-state index contributed by atoms with van der Waals surface area (Å²) in [6.45, 7) is 4.70. The zero-order valence-corrected chi connectivity index (χ0v) is 39.7. The van der Waals surface area contributed by atoms with Crippen molar-refractivity contribution in [2.75, 3.05) is 41.0 Å². The van der Waals surface area contributed by atoms with E-state index < -0.39 is 18.1 Å². The van der Waals surface area contributed by atoms with E-state index in [-0.39, 0.29) is 42.7 Å². The Labute approximate surface area is 365 Å². The molecule has 8 nitrogen and oxygen atoms in total. The van der Waals surface area contributed by atoms with Gasteiger partial charge in [-0.25, -0.2) is 0 Å². The Morgan fingerprint density at radius 3 is 1.22 bits per heavy atom. The highest BCUT2D eigenvalue weighted by atomic mass is 16.6. The number of carbonyl (C=O) groups excluding carboxylic acids is 3. The molecule has 0 fully saturated rings. The molecule has 0 aliphatic carbocycles. The van der Waals surface area contributed by atoms with E-state index in [0.717, 1.165) is 38.5 Å². The smallest absolute Gasteiger partial charge is 0.306 e. The van der Waals surface area contributed by atoms with Crippen LogP contribution in [0.15, 0.2) is 12.2 Å². The zero-order valence-electron chi connectivity index (χ0n) is 39.7. The fraction of sp³-hybridized carbons (Fsp3) is 0.902. The van der Waals surface area contributed by atoms with Gasteiger partial charge in [0.15, 0.2) is 6.10 Å². The summed E-state index contributed by atoms with van der Waals surface area (Å²) in [5, 5.41) is 11.6. The first-order chi connectivity index (χ1) is 28.6. The summed E-state index contributed by atoms with van der Waals surface area (Å²) in [7, 11) is 5.42. The maximum atomic E-state index is 12.8. The van der Waals surface area contributed by atoms with Gasteiger partial charge in [0.05, 0.1) is 40.3 Å². The molecule has 0 spiro atoms. The van der Waals surface area contributed by atoms with Crippen molar-refractivity contribution in [1.82, 2.24) is 0 Å². The van der Waals surface area contributed by atoms with E-state index in [4.69, 9.17) is 14.2 Å². The second-order valence-corrected chi connectivity index (χ2v) is 18.4. The van der Waals surface area contributed by atoms with Crippen molar-refractivity contribution in [3.63, 3.8) is 0 Å². The van der Waals surface area contributed by atoms with Crippen LogP contribution in [0.5, 0.6) is 0 Å². The fourth-order valence-corrected chi connectivity index (χ4v) is 7.71. The van der Waals surface area contributed by atoms with Crippen molar-refractivity contribution < 1.29 is 38.2 Å². The van der Waals surface area contributed by atoms with Crippen LogP contribution in [0.2, 0.25) is 0 Å². The number of hydrogen-bond donors (Lipinski definition) is 0. The monoisotopic (exact) mass is 836 g/mol.